The summed E-state index contributed by atoms with van der Waals surface area (Å²) in [7, 11) is 0. The summed E-state index contributed by atoms with van der Waals surface area (Å²) in [5, 5.41) is 0.650. The summed E-state index contributed by atoms with van der Waals surface area (Å²) in [6.45, 7) is 0. The van der Waals surface area contributed by atoms with E-state index < -0.39 is 5.82 Å². The van der Waals surface area contributed by atoms with Gasteiger partial charge in [0.05, 0.1) is 21.1 Å². The monoisotopic (exact) mass is 390 g/mol. The Morgan fingerprint density at radius 2 is 1.90 bits per heavy atom. The van der Waals surface area contributed by atoms with Crippen molar-refractivity contribution >= 4 is 62.4 Å². The first kappa shape index (κ1) is 14.1. The van der Waals surface area contributed by atoms with Gasteiger partial charge in [0.15, 0.2) is 4.77 Å². The minimum atomic E-state index is -0.486. The van der Waals surface area contributed by atoms with Crippen LogP contribution in [0.4, 0.5) is 4.39 Å². The van der Waals surface area contributed by atoms with Crippen molar-refractivity contribution in [2.75, 3.05) is 0 Å². The van der Waals surface area contributed by atoms with Crippen LogP contribution < -0.4 is 0 Å². The lowest BCUT2D eigenvalue weighted by molar-refractivity contribution is 0.630. The van der Waals surface area contributed by atoms with Crippen LogP contribution in [0.3, 0.4) is 0 Å². The molecule has 0 atom stereocenters. The molecule has 0 aliphatic carbocycles. The average molecular weight is 392 g/mol. The molecular formula is C13H6BrCl2FN2S. The highest BCUT2D eigenvalue weighted by Crippen LogP contribution is 2.29. The molecule has 7 heteroatoms. The molecule has 0 aliphatic heterocycles. The van der Waals surface area contributed by atoms with Gasteiger partial charge >= 0.3 is 0 Å². The molecule has 0 radical (unpaired) electrons. The van der Waals surface area contributed by atoms with E-state index in [1.165, 1.54) is 6.07 Å². The molecule has 0 unspecified atom stereocenters. The van der Waals surface area contributed by atoms with Crippen molar-refractivity contribution in [3.05, 3.63) is 55.4 Å². The Kier molecular flexibility index (Phi) is 3.62. The van der Waals surface area contributed by atoms with Gasteiger partial charge in [-0.15, -0.1) is 0 Å². The highest BCUT2D eigenvalue weighted by molar-refractivity contribution is 9.10. The van der Waals surface area contributed by atoms with E-state index in [0.29, 0.717) is 20.8 Å². The summed E-state index contributed by atoms with van der Waals surface area (Å²) in [6, 6.07) is 8.29. The minimum absolute atomic E-state index is 0.0493. The highest BCUT2D eigenvalue weighted by Gasteiger charge is 2.11. The Balaban J connectivity index is 2.35. The van der Waals surface area contributed by atoms with Crippen LogP contribution in [-0.2, 0) is 0 Å². The number of rotatable bonds is 1. The first-order valence-electron chi connectivity index (χ1n) is 5.52. The topological polar surface area (TPSA) is 20.7 Å². The second kappa shape index (κ2) is 5.15. The lowest BCUT2D eigenvalue weighted by Gasteiger charge is -2.06. The molecule has 1 N–H and O–H groups in total. The molecule has 20 heavy (non-hydrogen) atoms. The Morgan fingerprint density at radius 3 is 2.60 bits per heavy atom. The van der Waals surface area contributed by atoms with E-state index in [2.05, 4.69) is 20.9 Å². The summed E-state index contributed by atoms with van der Waals surface area (Å²) in [4.78, 5) is 2.96. The predicted molar refractivity (Wildman–Crippen MR) is 86.1 cm³/mol. The third-order valence-electron chi connectivity index (χ3n) is 2.89. The predicted octanol–water partition coefficient (Wildman–Crippen LogP) is 5.90. The normalized spacial score (nSPS) is 11.2. The quantitative estimate of drug-likeness (QED) is 0.512. The SMILES string of the molecule is Fc1cc2[nH]c(=S)n(-c3ccc(Cl)c(Br)c3)c2cc1Cl. The number of hydrogen-bond acceptors (Lipinski definition) is 1. The molecule has 0 aliphatic rings. The lowest BCUT2D eigenvalue weighted by Crippen LogP contribution is -1.94. The van der Waals surface area contributed by atoms with Gasteiger partial charge in [-0.2, -0.15) is 0 Å². The summed E-state index contributed by atoms with van der Waals surface area (Å²) >= 11 is 20.5. The van der Waals surface area contributed by atoms with E-state index in [1.807, 2.05) is 12.1 Å². The average Bonchev–Trinajstić information content (AvgIpc) is 2.69. The van der Waals surface area contributed by atoms with E-state index in [1.54, 1.807) is 16.7 Å². The summed E-state index contributed by atoms with van der Waals surface area (Å²) in [5.41, 5.74) is 2.10. The van der Waals surface area contributed by atoms with E-state index in [4.69, 9.17) is 35.4 Å². The van der Waals surface area contributed by atoms with Gasteiger partial charge < -0.3 is 4.98 Å². The molecule has 1 aromatic heterocycles. The standard InChI is InChI=1S/C13H6BrCl2FN2S/c14-7-3-6(1-2-8(7)15)19-12-4-9(16)10(17)5-11(12)18-13(19)20/h1-5H,(H,18,20). The van der Waals surface area contributed by atoms with E-state index in [0.717, 1.165) is 10.2 Å². The zero-order chi connectivity index (χ0) is 14.4. The lowest BCUT2D eigenvalue weighted by atomic mass is 10.2. The molecule has 2 nitrogen and oxygen atoms in total. The molecule has 0 bridgehead atoms. The zero-order valence-corrected chi connectivity index (χ0v) is 13.7. The number of benzene rings is 2. The fourth-order valence-electron chi connectivity index (χ4n) is 1.98. The maximum Gasteiger partial charge on any atom is 0.182 e. The maximum absolute atomic E-state index is 13.5. The van der Waals surface area contributed by atoms with Crippen molar-refractivity contribution < 1.29 is 4.39 Å². The number of nitrogens with one attached hydrogen (secondary N) is 1. The van der Waals surface area contributed by atoms with Crippen molar-refractivity contribution in [2.45, 2.75) is 0 Å². The van der Waals surface area contributed by atoms with Crippen LogP contribution in [0.5, 0.6) is 0 Å². The summed E-state index contributed by atoms with van der Waals surface area (Å²) < 4.78 is 16.5. The van der Waals surface area contributed by atoms with Crippen molar-refractivity contribution in [3.63, 3.8) is 0 Å². The first-order valence-corrected chi connectivity index (χ1v) is 7.48. The van der Waals surface area contributed by atoms with Crippen LogP contribution in [0.2, 0.25) is 10.0 Å². The Labute approximate surface area is 137 Å². The van der Waals surface area contributed by atoms with E-state index in [9.17, 15) is 4.39 Å². The zero-order valence-electron chi connectivity index (χ0n) is 9.75. The van der Waals surface area contributed by atoms with Crippen molar-refractivity contribution in [3.8, 4) is 5.69 Å². The van der Waals surface area contributed by atoms with Crippen LogP contribution in [-0.4, -0.2) is 9.55 Å². The van der Waals surface area contributed by atoms with Crippen LogP contribution >= 0.6 is 51.3 Å². The fourth-order valence-corrected chi connectivity index (χ4v) is 2.94. The Bertz CT molecular complexity index is 888. The number of halogens is 4. The number of imidazole rings is 1. The van der Waals surface area contributed by atoms with Gasteiger partial charge in [0, 0.05) is 16.2 Å². The van der Waals surface area contributed by atoms with Crippen molar-refractivity contribution in [1.29, 1.82) is 0 Å². The molecule has 3 rings (SSSR count). The maximum atomic E-state index is 13.5. The first-order chi connectivity index (χ1) is 9.47. The van der Waals surface area contributed by atoms with Gasteiger partial charge in [0.25, 0.3) is 0 Å². The van der Waals surface area contributed by atoms with Crippen LogP contribution in [0.15, 0.2) is 34.8 Å². The molecule has 1 heterocycles. The molecule has 0 saturated carbocycles. The van der Waals surface area contributed by atoms with Gasteiger partial charge in [0.2, 0.25) is 0 Å². The fraction of sp³-hybridized carbons (Fsp3) is 0. The molecule has 0 fully saturated rings. The molecule has 0 amide bonds. The molecule has 102 valence electrons. The third kappa shape index (κ3) is 2.29. The number of aromatic amines is 1. The number of fused-ring (bicyclic) bond motifs is 1. The molecule has 3 aromatic rings. The van der Waals surface area contributed by atoms with Crippen LogP contribution in [0.1, 0.15) is 0 Å². The van der Waals surface area contributed by atoms with Gasteiger partial charge in [-0.05, 0) is 52.4 Å². The number of H-pyrrole nitrogens is 1. The third-order valence-corrected chi connectivity index (χ3v) is 4.67. The smallest absolute Gasteiger partial charge is 0.182 e. The molecule has 0 saturated heterocycles. The number of hydrogen-bond donors (Lipinski definition) is 1. The second-order valence-electron chi connectivity index (χ2n) is 4.15. The summed E-state index contributed by atoms with van der Waals surface area (Å²) in [5.74, 6) is -0.486. The number of nitrogens with zero attached hydrogens (tertiary/aromatic N) is 1. The van der Waals surface area contributed by atoms with Crippen LogP contribution in [0, 0.1) is 10.6 Å². The van der Waals surface area contributed by atoms with Crippen LogP contribution in [0.25, 0.3) is 16.7 Å². The van der Waals surface area contributed by atoms with Crippen molar-refractivity contribution in [2.24, 2.45) is 0 Å². The highest BCUT2D eigenvalue weighted by atomic mass is 79.9. The van der Waals surface area contributed by atoms with Gasteiger partial charge in [-0.25, -0.2) is 4.39 Å². The molecule has 0 spiro atoms. The van der Waals surface area contributed by atoms with E-state index >= 15 is 0 Å². The van der Waals surface area contributed by atoms with E-state index in [-0.39, 0.29) is 5.02 Å². The van der Waals surface area contributed by atoms with Crippen molar-refractivity contribution in [1.82, 2.24) is 9.55 Å². The number of aromatic nitrogens is 2. The van der Waals surface area contributed by atoms with Gasteiger partial charge in [0.1, 0.15) is 5.82 Å². The largest absolute Gasteiger partial charge is 0.330 e. The molecular weight excluding hydrogens is 386 g/mol. The van der Waals surface area contributed by atoms with Gasteiger partial charge in [-0.1, -0.05) is 23.2 Å². The second-order valence-corrected chi connectivity index (χ2v) is 6.20. The van der Waals surface area contributed by atoms with Gasteiger partial charge in [-0.3, -0.25) is 4.57 Å². The Hall–Kier alpha value is -0.880. The Morgan fingerprint density at radius 1 is 1.15 bits per heavy atom. The summed E-state index contributed by atoms with van der Waals surface area (Å²) in [6.07, 6.45) is 0. The molecule has 2 aromatic carbocycles. The minimum Gasteiger partial charge on any atom is -0.330 e.